The van der Waals surface area contributed by atoms with Crippen LogP contribution in [0.2, 0.25) is 0 Å². The average Bonchev–Trinajstić information content (AvgIpc) is 2.96. The van der Waals surface area contributed by atoms with Crippen LogP contribution in [0.25, 0.3) is 10.2 Å². The third kappa shape index (κ3) is 2.00. The van der Waals surface area contributed by atoms with Gasteiger partial charge in [0.2, 0.25) is 0 Å². The second-order valence-corrected chi connectivity index (χ2v) is 5.43. The van der Waals surface area contributed by atoms with Crippen LogP contribution in [0.5, 0.6) is 0 Å². The van der Waals surface area contributed by atoms with Crippen molar-refractivity contribution in [1.82, 2.24) is 9.97 Å². The Labute approximate surface area is 104 Å². The number of nitrogens with two attached hydrogens (primary N) is 1. The number of nitrogens with zero attached hydrogens (tertiary/aromatic N) is 3. The Morgan fingerprint density at radius 3 is 3.29 bits per heavy atom. The van der Waals surface area contributed by atoms with Crippen LogP contribution in [0, 0.1) is 5.92 Å². The predicted octanol–water partition coefficient (Wildman–Crippen LogP) is 1.87. The van der Waals surface area contributed by atoms with Crippen molar-refractivity contribution in [3.63, 3.8) is 0 Å². The van der Waals surface area contributed by atoms with Gasteiger partial charge in [0.1, 0.15) is 12.1 Å². The molecule has 3 heterocycles. The molecule has 1 unspecified atom stereocenters. The summed E-state index contributed by atoms with van der Waals surface area (Å²) in [6, 6.07) is 2.05. The van der Waals surface area contributed by atoms with Gasteiger partial charge in [-0.15, -0.1) is 11.3 Å². The summed E-state index contributed by atoms with van der Waals surface area (Å²) < 4.78 is 1.21. The standard InChI is InChI=1S/C12H16N4S/c13-4-1-9-2-5-16(7-9)12-11-10(3-6-17-11)14-8-15-12/h3,6,8-9H,1-2,4-5,7,13H2. The van der Waals surface area contributed by atoms with Crippen LogP contribution < -0.4 is 10.6 Å². The first-order chi connectivity index (χ1) is 8.38. The summed E-state index contributed by atoms with van der Waals surface area (Å²) in [6.45, 7) is 2.96. The summed E-state index contributed by atoms with van der Waals surface area (Å²) in [5, 5.41) is 2.08. The Hall–Kier alpha value is -1.20. The maximum Gasteiger partial charge on any atom is 0.150 e. The van der Waals surface area contributed by atoms with Crippen LogP contribution >= 0.6 is 11.3 Å². The second-order valence-electron chi connectivity index (χ2n) is 4.51. The lowest BCUT2D eigenvalue weighted by molar-refractivity contribution is 0.546. The Kier molecular flexibility index (Phi) is 2.94. The van der Waals surface area contributed by atoms with Crippen LogP contribution in [0.3, 0.4) is 0 Å². The quantitative estimate of drug-likeness (QED) is 0.901. The van der Waals surface area contributed by atoms with Gasteiger partial charge in [0.25, 0.3) is 0 Å². The Bertz CT molecular complexity index is 510. The molecule has 1 saturated heterocycles. The lowest BCUT2D eigenvalue weighted by atomic mass is 10.1. The molecular weight excluding hydrogens is 232 g/mol. The van der Waals surface area contributed by atoms with Crippen molar-refractivity contribution < 1.29 is 0 Å². The van der Waals surface area contributed by atoms with Crippen molar-refractivity contribution in [2.24, 2.45) is 11.7 Å². The van der Waals surface area contributed by atoms with E-state index in [0.29, 0.717) is 0 Å². The summed E-state index contributed by atoms with van der Waals surface area (Å²) >= 11 is 1.72. The zero-order chi connectivity index (χ0) is 11.7. The van der Waals surface area contributed by atoms with E-state index in [4.69, 9.17) is 5.73 Å². The zero-order valence-electron chi connectivity index (χ0n) is 9.67. The topological polar surface area (TPSA) is 55.0 Å². The van der Waals surface area contributed by atoms with Crippen molar-refractivity contribution in [3.8, 4) is 0 Å². The molecule has 0 bridgehead atoms. The number of anilines is 1. The predicted molar refractivity (Wildman–Crippen MR) is 71.4 cm³/mol. The minimum absolute atomic E-state index is 0.727. The fourth-order valence-corrected chi connectivity index (χ4v) is 3.36. The van der Waals surface area contributed by atoms with E-state index in [1.54, 1.807) is 17.7 Å². The van der Waals surface area contributed by atoms with Gasteiger partial charge in [0, 0.05) is 13.1 Å². The number of aromatic nitrogens is 2. The normalized spacial score (nSPS) is 20.3. The van der Waals surface area contributed by atoms with Gasteiger partial charge in [-0.2, -0.15) is 0 Å². The van der Waals surface area contributed by atoms with Crippen molar-refractivity contribution in [2.75, 3.05) is 24.5 Å². The molecule has 1 aliphatic heterocycles. The van der Waals surface area contributed by atoms with E-state index in [2.05, 4.69) is 26.3 Å². The molecule has 3 rings (SSSR count). The number of thiophene rings is 1. The van der Waals surface area contributed by atoms with Gasteiger partial charge in [-0.05, 0) is 36.8 Å². The number of hydrogen-bond donors (Lipinski definition) is 1. The lowest BCUT2D eigenvalue weighted by Gasteiger charge is -2.17. The van der Waals surface area contributed by atoms with Gasteiger partial charge >= 0.3 is 0 Å². The molecule has 1 fully saturated rings. The zero-order valence-corrected chi connectivity index (χ0v) is 10.5. The number of fused-ring (bicyclic) bond motifs is 1. The molecule has 2 aromatic rings. The average molecular weight is 248 g/mol. The number of rotatable bonds is 3. The summed E-state index contributed by atoms with van der Waals surface area (Å²) in [4.78, 5) is 11.1. The summed E-state index contributed by atoms with van der Waals surface area (Å²) in [7, 11) is 0. The second kappa shape index (κ2) is 4.58. The first-order valence-electron chi connectivity index (χ1n) is 6.01. The molecule has 0 radical (unpaired) electrons. The smallest absolute Gasteiger partial charge is 0.150 e. The molecule has 2 aromatic heterocycles. The molecule has 90 valence electrons. The first kappa shape index (κ1) is 10.9. The summed E-state index contributed by atoms with van der Waals surface area (Å²) in [5.41, 5.74) is 6.68. The maximum absolute atomic E-state index is 5.62. The van der Waals surface area contributed by atoms with E-state index in [1.807, 2.05) is 0 Å². The molecule has 17 heavy (non-hydrogen) atoms. The van der Waals surface area contributed by atoms with Gasteiger partial charge in [0.05, 0.1) is 10.2 Å². The van der Waals surface area contributed by atoms with E-state index >= 15 is 0 Å². The molecule has 0 amide bonds. The minimum atomic E-state index is 0.727. The Balaban J connectivity index is 1.87. The largest absolute Gasteiger partial charge is 0.355 e. The SMILES string of the molecule is NCCC1CCN(c2ncnc3ccsc23)C1. The van der Waals surface area contributed by atoms with Crippen LogP contribution in [-0.4, -0.2) is 29.6 Å². The van der Waals surface area contributed by atoms with Crippen molar-refractivity contribution in [1.29, 1.82) is 0 Å². The third-order valence-electron chi connectivity index (χ3n) is 3.38. The fraction of sp³-hybridized carbons (Fsp3) is 0.500. The van der Waals surface area contributed by atoms with Gasteiger partial charge in [-0.25, -0.2) is 9.97 Å². The monoisotopic (exact) mass is 248 g/mol. The molecule has 4 nitrogen and oxygen atoms in total. The highest BCUT2D eigenvalue weighted by molar-refractivity contribution is 7.17. The highest BCUT2D eigenvalue weighted by atomic mass is 32.1. The molecule has 0 spiro atoms. The Morgan fingerprint density at radius 2 is 2.41 bits per heavy atom. The van der Waals surface area contributed by atoms with Gasteiger partial charge < -0.3 is 10.6 Å². The van der Waals surface area contributed by atoms with Crippen LogP contribution in [-0.2, 0) is 0 Å². The summed E-state index contributed by atoms with van der Waals surface area (Å²) in [5.74, 6) is 1.83. The molecule has 0 aromatic carbocycles. The van der Waals surface area contributed by atoms with Crippen molar-refractivity contribution >= 4 is 27.4 Å². The van der Waals surface area contributed by atoms with Crippen LogP contribution in [0.4, 0.5) is 5.82 Å². The van der Waals surface area contributed by atoms with Gasteiger partial charge in [-0.1, -0.05) is 0 Å². The van der Waals surface area contributed by atoms with Crippen molar-refractivity contribution in [2.45, 2.75) is 12.8 Å². The van der Waals surface area contributed by atoms with Crippen molar-refractivity contribution in [3.05, 3.63) is 17.8 Å². The molecule has 0 saturated carbocycles. The minimum Gasteiger partial charge on any atom is -0.355 e. The maximum atomic E-state index is 5.62. The van der Waals surface area contributed by atoms with E-state index in [1.165, 1.54) is 11.1 Å². The number of hydrogen-bond acceptors (Lipinski definition) is 5. The van der Waals surface area contributed by atoms with Gasteiger partial charge in [-0.3, -0.25) is 0 Å². The Morgan fingerprint density at radius 1 is 1.47 bits per heavy atom. The highest BCUT2D eigenvalue weighted by Crippen LogP contribution is 2.31. The van der Waals surface area contributed by atoms with E-state index < -0.39 is 0 Å². The molecule has 5 heteroatoms. The molecule has 1 atom stereocenters. The van der Waals surface area contributed by atoms with Gasteiger partial charge in [0.15, 0.2) is 0 Å². The lowest BCUT2D eigenvalue weighted by Crippen LogP contribution is -2.21. The third-order valence-corrected chi connectivity index (χ3v) is 4.28. The summed E-state index contributed by atoms with van der Waals surface area (Å²) in [6.07, 6.45) is 4.02. The molecule has 0 aliphatic carbocycles. The molecule has 2 N–H and O–H groups in total. The van der Waals surface area contributed by atoms with E-state index in [9.17, 15) is 0 Å². The molecule has 1 aliphatic rings. The van der Waals surface area contributed by atoms with Crippen LogP contribution in [0.15, 0.2) is 17.8 Å². The van der Waals surface area contributed by atoms with E-state index in [0.717, 1.165) is 43.3 Å². The highest BCUT2D eigenvalue weighted by Gasteiger charge is 2.24. The van der Waals surface area contributed by atoms with Crippen LogP contribution in [0.1, 0.15) is 12.8 Å². The molecular formula is C12H16N4S. The fourth-order valence-electron chi connectivity index (χ4n) is 2.50. The first-order valence-corrected chi connectivity index (χ1v) is 6.89. The van der Waals surface area contributed by atoms with E-state index in [-0.39, 0.29) is 0 Å².